The van der Waals surface area contributed by atoms with Crippen molar-refractivity contribution in [1.29, 1.82) is 0 Å². The van der Waals surface area contributed by atoms with E-state index in [9.17, 15) is 14.2 Å². The van der Waals surface area contributed by atoms with Gasteiger partial charge in [-0.2, -0.15) is 0 Å². The highest BCUT2D eigenvalue weighted by molar-refractivity contribution is 7.46. The molecule has 0 bridgehead atoms. The van der Waals surface area contributed by atoms with E-state index in [4.69, 9.17) is 25.7 Å². The molecular weight excluding hydrogens is 261 g/mol. The predicted molar refractivity (Wildman–Crippen MR) is 50.6 cm³/mol. The topological polar surface area (TPSA) is 177 Å². The van der Waals surface area contributed by atoms with Crippen LogP contribution in [0.4, 0.5) is 0 Å². The molecule has 0 aliphatic heterocycles. The lowest BCUT2D eigenvalue weighted by molar-refractivity contribution is -0.157. The quantitative estimate of drug-likeness (QED) is 0.244. The van der Waals surface area contributed by atoms with Crippen LogP contribution >= 0.6 is 7.82 Å². The zero-order valence-electron chi connectivity index (χ0n) is 8.42. The van der Waals surface area contributed by atoms with Crippen LogP contribution < -0.4 is 5.73 Å². The van der Waals surface area contributed by atoms with Crippen LogP contribution in [0.1, 0.15) is 0 Å². The fourth-order valence-electron chi connectivity index (χ4n) is 0.653. The number of aliphatic hydroxyl groups excluding tert-OH is 1. The molecule has 0 rings (SSSR count). The molecule has 0 aromatic carbocycles. The van der Waals surface area contributed by atoms with Crippen molar-refractivity contribution in [2.75, 3.05) is 13.2 Å². The highest BCUT2D eigenvalue weighted by Crippen LogP contribution is 2.37. The van der Waals surface area contributed by atoms with Crippen molar-refractivity contribution >= 4 is 19.8 Å². The van der Waals surface area contributed by atoms with Gasteiger partial charge in [-0.1, -0.05) is 0 Å². The van der Waals surface area contributed by atoms with Crippen LogP contribution in [-0.4, -0.2) is 57.3 Å². The number of aliphatic hydroxyl groups is 1. The minimum atomic E-state index is -4.97. The lowest BCUT2D eigenvalue weighted by Gasteiger charge is -2.15. The third kappa shape index (κ3) is 7.00. The molecule has 6 N–H and O–H groups in total. The average Bonchev–Trinajstić information content (AvgIpc) is 2.20. The number of aliphatic carboxylic acids is 1. The van der Waals surface area contributed by atoms with Crippen molar-refractivity contribution in [3.8, 4) is 0 Å². The van der Waals surface area contributed by atoms with Crippen molar-refractivity contribution in [2.45, 2.75) is 12.1 Å². The number of carboxylic acid groups (broad SMARTS) is 1. The summed E-state index contributed by atoms with van der Waals surface area (Å²) in [5.74, 6) is -2.75. The Bertz CT molecular complexity index is 325. The van der Waals surface area contributed by atoms with E-state index in [0.29, 0.717) is 0 Å². The number of esters is 1. The summed E-state index contributed by atoms with van der Waals surface area (Å²) in [5.41, 5.74) is 5.00. The second kappa shape index (κ2) is 6.64. The Morgan fingerprint density at radius 3 is 2.24 bits per heavy atom. The van der Waals surface area contributed by atoms with Crippen LogP contribution in [-0.2, 0) is 23.4 Å². The maximum atomic E-state index is 11.1. The van der Waals surface area contributed by atoms with Gasteiger partial charge in [-0.3, -0.25) is 9.32 Å². The average molecular weight is 273 g/mol. The minimum Gasteiger partial charge on any atom is -0.480 e. The van der Waals surface area contributed by atoms with Crippen LogP contribution in [0.5, 0.6) is 0 Å². The number of carboxylic acids is 1. The van der Waals surface area contributed by atoms with Gasteiger partial charge < -0.3 is 30.5 Å². The monoisotopic (exact) mass is 273 g/mol. The van der Waals surface area contributed by atoms with E-state index in [1.165, 1.54) is 0 Å². The van der Waals surface area contributed by atoms with E-state index in [0.717, 1.165) is 0 Å². The molecule has 0 saturated heterocycles. The number of hydrogen-bond donors (Lipinski definition) is 5. The van der Waals surface area contributed by atoms with Gasteiger partial charge in [-0.25, -0.2) is 9.36 Å². The first-order valence-electron chi connectivity index (χ1n) is 4.17. The fraction of sp³-hybridized carbons (Fsp3) is 0.667. The first-order valence-corrected chi connectivity index (χ1v) is 5.70. The predicted octanol–water partition coefficient (Wildman–Crippen LogP) is -2.59. The molecular formula is C6H12NO9P. The van der Waals surface area contributed by atoms with E-state index in [1.807, 2.05) is 0 Å². The third-order valence-electron chi connectivity index (χ3n) is 1.42. The molecule has 0 fully saturated rings. The van der Waals surface area contributed by atoms with Crippen molar-refractivity contribution in [3.05, 3.63) is 0 Å². The third-order valence-corrected chi connectivity index (χ3v) is 1.94. The molecule has 0 aliphatic rings. The Kier molecular flexibility index (Phi) is 6.24. The zero-order valence-corrected chi connectivity index (χ0v) is 9.32. The lowest BCUT2D eigenvalue weighted by atomic mass is 10.3. The molecule has 0 saturated carbocycles. The van der Waals surface area contributed by atoms with Gasteiger partial charge in [0.15, 0.2) is 6.10 Å². The lowest BCUT2D eigenvalue weighted by Crippen LogP contribution is -2.38. The van der Waals surface area contributed by atoms with Crippen LogP contribution in [0.3, 0.4) is 0 Å². The van der Waals surface area contributed by atoms with Gasteiger partial charge in [-0.05, 0) is 0 Å². The molecule has 0 aliphatic carbocycles. The van der Waals surface area contributed by atoms with E-state index in [-0.39, 0.29) is 0 Å². The summed E-state index contributed by atoms with van der Waals surface area (Å²) in [7, 11) is -4.97. The summed E-state index contributed by atoms with van der Waals surface area (Å²) < 4.78 is 18.6. The molecule has 0 aromatic rings. The second-order valence-corrected chi connectivity index (χ2v) is 4.03. The maximum Gasteiger partial charge on any atom is 0.470 e. The normalized spacial score (nSPS) is 15.1. The molecule has 0 heterocycles. The molecule has 17 heavy (non-hydrogen) atoms. The molecule has 100 valence electrons. The van der Waals surface area contributed by atoms with E-state index in [2.05, 4.69) is 9.26 Å². The molecule has 0 radical (unpaired) electrons. The molecule has 1 unspecified atom stereocenters. The molecule has 0 aromatic heterocycles. The van der Waals surface area contributed by atoms with Gasteiger partial charge in [0, 0.05) is 0 Å². The number of rotatable bonds is 7. The molecule has 0 spiro atoms. The SMILES string of the molecule is N[C@@H](COC(=O)C(CO)OP(=O)(O)O)C(=O)O. The van der Waals surface area contributed by atoms with Gasteiger partial charge in [0.25, 0.3) is 0 Å². The van der Waals surface area contributed by atoms with Crippen molar-refractivity contribution in [1.82, 2.24) is 0 Å². The van der Waals surface area contributed by atoms with Crippen LogP contribution in [0.25, 0.3) is 0 Å². The minimum absolute atomic E-state index is 0.713. The Morgan fingerprint density at radius 1 is 1.35 bits per heavy atom. The molecule has 10 nitrogen and oxygen atoms in total. The maximum absolute atomic E-state index is 11.1. The van der Waals surface area contributed by atoms with Crippen molar-refractivity contribution in [3.63, 3.8) is 0 Å². The Hall–Kier alpha value is -1.03. The summed E-state index contributed by atoms with van der Waals surface area (Å²) in [5, 5.41) is 17.0. The summed E-state index contributed by atoms with van der Waals surface area (Å²) in [6, 6.07) is -1.48. The van der Waals surface area contributed by atoms with Crippen molar-refractivity contribution < 1.29 is 43.4 Å². The van der Waals surface area contributed by atoms with Crippen LogP contribution in [0.2, 0.25) is 0 Å². The highest BCUT2D eigenvalue weighted by atomic mass is 31.2. The van der Waals surface area contributed by atoms with Gasteiger partial charge in [0.2, 0.25) is 0 Å². The highest BCUT2D eigenvalue weighted by Gasteiger charge is 2.29. The number of phosphoric ester groups is 1. The Labute approximate surface area is 95.2 Å². The van der Waals surface area contributed by atoms with Gasteiger partial charge in [0.1, 0.15) is 12.6 Å². The Balaban J connectivity index is 4.27. The van der Waals surface area contributed by atoms with Gasteiger partial charge >= 0.3 is 19.8 Å². The van der Waals surface area contributed by atoms with Crippen LogP contribution in [0.15, 0.2) is 0 Å². The van der Waals surface area contributed by atoms with Crippen LogP contribution in [0, 0.1) is 0 Å². The first kappa shape index (κ1) is 16.0. The zero-order chi connectivity index (χ0) is 13.6. The Morgan fingerprint density at radius 2 is 1.88 bits per heavy atom. The molecule has 0 amide bonds. The summed E-state index contributed by atoms with van der Waals surface area (Å²) in [6.45, 7) is -1.75. The number of nitrogens with two attached hydrogens (primary N) is 1. The van der Waals surface area contributed by atoms with Gasteiger partial charge in [0.05, 0.1) is 6.61 Å². The largest absolute Gasteiger partial charge is 0.480 e. The van der Waals surface area contributed by atoms with Crippen molar-refractivity contribution in [2.24, 2.45) is 5.73 Å². The second-order valence-electron chi connectivity index (χ2n) is 2.84. The number of carbonyl (C=O) groups excluding carboxylic acids is 1. The number of hydrogen-bond acceptors (Lipinski definition) is 7. The molecule has 11 heteroatoms. The molecule has 2 atom stereocenters. The summed E-state index contributed by atoms with van der Waals surface area (Å²) in [4.78, 5) is 38.1. The number of carbonyl (C=O) groups is 2. The summed E-state index contributed by atoms with van der Waals surface area (Å²) >= 11 is 0. The standard InChI is InChI=1S/C6H12NO9P/c7-3(5(9)10)2-15-6(11)4(1-8)16-17(12,13)14/h3-4,8H,1-2,7H2,(H,9,10)(H2,12,13,14)/t3-,4?/m0/s1. The van der Waals surface area contributed by atoms with E-state index in [1.54, 1.807) is 0 Å². The van der Waals surface area contributed by atoms with E-state index < -0.39 is 45.1 Å². The summed E-state index contributed by atoms with van der Waals surface area (Å²) in [6.07, 6.45) is -1.91. The number of phosphoric acid groups is 1. The number of ether oxygens (including phenoxy) is 1. The first-order chi connectivity index (χ1) is 7.67. The van der Waals surface area contributed by atoms with E-state index >= 15 is 0 Å². The fourth-order valence-corrected chi connectivity index (χ4v) is 1.14. The van der Waals surface area contributed by atoms with Gasteiger partial charge in [-0.15, -0.1) is 0 Å². The smallest absolute Gasteiger partial charge is 0.470 e.